The zero-order valence-electron chi connectivity index (χ0n) is 18.3. The largest absolute Gasteiger partial charge is 0.355 e. The molecule has 2 aromatic carbocycles. The second kappa shape index (κ2) is 11.9. The molecule has 0 aliphatic carbocycles. The summed E-state index contributed by atoms with van der Waals surface area (Å²) < 4.78 is 1.98. The number of nitrogens with one attached hydrogen (secondary N) is 1. The minimum atomic E-state index is 0.103. The van der Waals surface area contributed by atoms with Gasteiger partial charge in [-0.2, -0.15) is 0 Å². The van der Waals surface area contributed by atoms with Crippen LogP contribution in [0, 0.1) is 0 Å². The molecular formula is C24H27Cl2N5OS. The van der Waals surface area contributed by atoms with Crippen molar-refractivity contribution in [2.45, 2.75) is 30.8 Å². The van der Waals surface area contributed by atoms with Crippen LogP contribution in [0.15, 0.2) is 53.7 Å². The molecule has 2 heterocycles. The summed E-state index contributed by atoms with van der Waals surface area (Å²) in [6, 6.07) is 15.4. The van der Waals surface area contributed by atoms with Crippen LogP contribution < -0.4 is 5.32 Å². The molecule has 4 rings (SSSR count). The van der Waals surface area contributed by atoms with Crippen molar-refractivity contribution < 1.29 is 4.79 Å². The minimum Gasteiger partial charge on any atom is -0.355 e. The van der Waals surface area contributed by atoms with E-state index in [1.54, 1.807) is 17.8 Å². The fourth-order valence-corrected chi connectivity index (χ4v) is 5.02. The Kier molecular flexibility index (Phi) is 8.67. The van der Waals surface area contributed by atoms with E-state index in [1.165, 1.54) is 12.8 Å². The van der Waals surface area contributed by atoms with Gasteiger partial charge in [0.1, 0.15) is 0 Å². The lowest BCUT2D eigenvalue weighted by molar-refractivity contribution is -0.121. The molecule has 6 nitrogen and oxygen atoms in total. The SMILES string of the molecule is O=C(CCCSc1nnc(-c2ccccc2)n1-c1ccc(Cl)c(Cl)c1)NCCN1CCCC1. The molecule has 9 heteroatoms. The van der Waals surface area contributed by atoms with E-state index in [-0.39, 0.29) is 5.91 Å². The van der Waals surface area contributed by atoms with E-state index in [2.05, 4.69) is 20.4 Å². The van der Waals surface area contributed by atoms with Crippen molar-refractivity contribution in [1.82, 2.24) is 25.0 Å². The number of benzene rings is 2. The van der Waals surface area contributed by atoms with Gasteiger partial charge >= 0.3 is 0 Å². The molecular weight excluding hydrogens is 477 g/mol. The molecule has 1 N–H and O–H groups in total. The van der Waals surface area contributed by atoms with E-state index >= 15 is 0 Å². The van der Waals surface area contributed by atoms with Gasteiger partial charge in [-0.25, -0.2) is 0 Å². The number of hydrogen-bond donors (Lipinski definition) is 1. The summed E-state index contributed by atoms with van der Waals surface area (Å²) in [5.41, 5.74) is 1.80. The van der Waals surface area contributed by atoms with Crippen LogP contribution in [-0.2, 0) is 4.79 Å². The van der Waals surface area contributed by atoms with E-state index in [0.717, 1.165) is 60.6 Å². The van der Waals surface area contributed by atoms with Crippen LogP contribution in [0.1, 0.15) is 25.7 Å². The first-order valence-electron chi connectivity index (χ1n) is 11.2. The molecule has 0 unspecified atom stereocenters. The van der Waals surface area contributed by atoms with Crippen molar-refractivity contribution in [2.75, 3.05) is 31.9 Å². The third-order valence-electron chi connectivity index (χ3n) is 5.55. The Morgan fingerprint density at radius 3 is 2.58 bits per heavy atom. The van der Waals surface area contributed by atoms with Gasteiger partial charge in [-0.15, -0.1) is 10.2 Å². The van der Waals surface area contributed by atoms with Gasteiger partial charge in [0.15, 0.2) is 11.0 Å². The topological polar surface area (TPSA) is 63.1 Å². The fourth-order valence-electron chi connectivity index (χ4n) is 3.84. The molecule has 1 saturated heterocycles. The van der Waals surface area contributed by atoms with Crippen molar-refractivity contribution >= 4 is 40.9 Å². The molecule has 3 aromatic rings. The molecule has 0 atom stereocenters. The van der Waals surface area contributed by atoms with Crippen molar-refractivity contribution in [3.63, 3.8) is 0 Å². The van der Waals surface area contributed by atoms with Gasteiger partial charge < -0.3 is 10.2 Å². The Morgan fingerprint density at radius 1 is 1.03 bits per heavy atom. The maximum atomic E-state index is 12.2. The average Bonchev–Trinajstić information content (AvgIpc) is 3.49. The number of thioether (sulfide) groups is 1. The Balaban J connectivity index is 1.37. The van der Waals surface area contributed by atoms with Gasteiger partial charge in [0.2, 0.25) is 5.91 Å². The highest BCUT2D eigenvalue weighted by molar-refractivity contribution is 7.99. The average molecular weight is 504 g/mol. The van der Waals surface area contributed by atoms with Crippen LogP contribution >= 0.6 is 35.0 Å². The van der Waals surface area contributed by atoms with E-state index in [9.17, 15) is 4.79 Å². The summed E-state index contributed by atoms with van der Waals surface area (Å²) in [7, 11) is 0. The van der Waals surface area contributed by atoms with E-state index < -0.39 is 0 Å². The van der Waals surface area contributed by atoms with E-state index in [0.29, 0.717) is 16.5 Å². The molecule has 33 heavy (non-hydrogen) atoms. The Morgan fingerprint density at radius 2 is 1.82 bits per heavy atom. The van der Waals surface area contributed by atoms with Crippen LogP contribution in [0.3, 0.4) is 0 Å². The van der Waals surface area contributed by atoms with Gasteiger partial charge in [-0.05, 0) is 50.6 Å². The summed E-state index contributed by atoms with van der Waals surface area (Å²) in [5.74, 6) is 1.59. The summed E-state index contributed by atoms with van der Waals surface area (Å²) in [4.78, 5) is 14.6. The van der Waals surface area contributed by atoms with E-state index in [4.69, 9.17) is 23.2 Å². The number of carbonyl (C=O) groups excluding carboxylic acids is 1. The number of carbonyl (C=O) groups is 1. The Labute approximate surface area is 208 Å². The highest BCUT2D eigenvalue weighted by Crippen LogP contribution is 2.31. The number of amides is 1. The first-order valence-corrected chi connectivity index (χ1v) is 12.9. The van der Waals surface area contributed by atoms with Crippen molar-refractivity contribution in [2.24, 2.45) is 0 Å². The highest BCUT2D eigenvalue weighted by Gasteiger charge is 2.17. The molecule has 1 aromatic heterocycles. The lowest BCUT2D eigenvalue weighted by atomic mass is 10.2. The zero-order chi connectivity index (χ0) is 23.0. The lowest BCUT2D eigenvalue weighted by Gasteiger charge is -2.14. The maximum absolute atomic E-state index is 12.2. The summed E-state index contributed by atoms with van der Waals surface area (Å²) in [6.07, 6.45) is 3.79. The highest BCUT2D eigenvalue weighted by atomic mass is 35.5. The predicted octanol–water partition coefficient (Wildman–Crippen LogP) is 5.33. The van der Waals surface area contributed by atoms with Crippen LogP contribution in [0.5, 0.6) is 0 Å². The first-order chi connectivity index (χ1) is 16.1. The smallest absolute Gasteiger partial charge is 0.220 e. The predicted molar refractivity (Wildman–Crippen MR) is 135 cm³/mol. The number of likely N-dealkylation sites (tertiary alicyclic amines) is 1. The molecule has 1 fully saturated rings. The lowest BCUT2D eigenvalue weighted by Crippen LogP contribution is -2.33. The number of nitrogens with zero attached hydrogens (tertiary/aromatic N) is 4. The summed E-state index contributed by atoms with van der Waals surface area (Å²) in [6.45, 7) is 3.96. The van der Waals surface area contributed by atoms with Crippen LogP contribution in [0.2, 0.25) is 10.0 Å². The number of rotatable bonds is 10. The van der Waals surface area contributed by atoms with Crippen LogP contribution in [0.4, 0.5) is 0 Å². The normalized spacial score (nSPS) is 14.0. The first kappa shape index (κ1) is 24.1. The van der Waals surface area contributed by atoms with Gasteiger partial charge in [0, 0.05) is 30.8 Å². The third kappa shape index (κ3) is 6.51. The number of aromatic nitrogens is 3. The third-order valence-corrected chi connectivity index (χ3v) is 7.31. The molecule has 0 bridgehead atoms. The maximum Gasteiger partial charge on any atom is 0.220 e. The van der Waals surface area contributed by atoms with Crippen molar-refractivity contribution in [1.29, 1.82) is 0 Å². The van der Waals surface area contributed by atoms with Gasteiger partial charge in [0.25, 0.3) is 0 Å². The van der Waals surface area contributed by atoms with Gasteiger partial charge in [0.05, 0.1) is 15.7 Å². The van der Waals surface area contributed by atoms with Crippen molar-refractivity contribution in [3.8, 4) is 17.1 Å². The number of halogens is 2. The minimum absolute atomic E-state index is 0.103. The summed E-state index contributed by atoms with van der Waals surface area (Å²) in [5, 5.41) is 13.6. The Bertz CT molecular complexity index is 1070. The summed E-state index contributed by atoms with van der Waals surface area (Å²) >= 11 is 14.0. The van der Waals surface area contributed by atoms with Crippen LogP contribution in [-0.4, -0.2) is 57.5 Å². The molecule has 1 amide bonds. The number of hydrogen-bond acceptors (Lipinski definition) is 5. The van der Waals surface area contributed by atoms with Crippen molar-refractivity contribution in [3.05, 3.63) is 58.6 Å². The van der Waals surface area contributed by atoms with Crippen LogP contribution in [0.25, 0.3) is 17.1 Å². The molecule has 174 valence electrons. The molecule has 1 aliphatic rings. The molecule has 0 radical (unpaired) electrons. The van der Waals surface area contributed by atoms with Gasteiger partial charge in [-0.1, -0.05) is 65.3 Å². The quantitative estimate of drug-likeness (QED) is 0.299. The monoisotopic (exact) mass is 503 g/mol. The second-order valence-electron chi connectivity index (χ2n) is 7.96. The van der Waals surface area contributed by atoms with Gasteiger partial charge in [-0.3, -0.25) is 9.36 Å². The molecule has 1 aliphatic heterocycles. The zero-order valence-corrected chi connectivity index (χ0v) is 20.7. The second-order valence-corrected chi connectivity index (χ2v) is 9.83. The molecule has 0 saturated carbocycles. The Hall–Kier alpha value is -2.06. The molecule has 0 spiro atoms. The van der Waals surface area contributed by atoms with E-state index in [1.807, 2.05) is 47.0 Å². The fraction of sp³-hybridized carbons (Fsp3) is 0.375. The standard InChI is InChI=1S/C24H27Cl2N5OS/c25-20-11-10-19(17-21(20)26)31-23(18-7-2-1-3-8-18)28-29-24(31)33-16-6-9-22(32)27-12-15-30-13-4-5-14-30/h1-3,7-8,10-11,17H,4-6,9,12-16H2,(H,27,32).